The summed E-state index contributed by atoms with van der Waals surface area (Å²) in [5.74, 6) is -0.300. The maximum atomic E-state index is 12.7. The summed E-state index contributed by atoms with van der Waals surface area (Å²) in [6.45, 7) is 26.5. The molecule has 326 valence electrons. The van der Waals surface area contributed by atoms with Crippen LogP contribution in [0.2, 0.25) is 0 Å². The zero-order valence-corrected chi connectivity index (χ0v) is 37.8. The second-order valence-corrected chi connectivity index (χ2v) is 20.1. The van der Waals surface area contributed by atoms with Crippen LogP contribution in [0.15, 0.2) is 42.2 Å². The number of allylic oxidation sites excluding steroid dienone is 2. The smallest absolute Gasteiger partial charge is 0.344 e. The van der Waals surface area contributed by atoms with Gasteiger partial charge in [-0.2, -0.15) is 0 Å². The Labute approximate surface area is 346 Å². The summed E-state index contributed by atoms with van der Waals surface area (Å²) >= 11 is 0. The number of hydrogen-bond donors (Lipinski definition) is 0. The van der Waals surface area contributed by atoms with Crippen molar-refractivity contribution in [2.75, 3.05) is 26.4 Å². The van der Waals surface area contributed by atoms with Crippen LogP contribution in [0.5, 0.6) is 11.5 Å². The Kier molecular flexibility index (Phi) is 15.7. The molecule has 2 unspecified atom stereocenters. The second-order valence-electron chi connectivity index (χ2n) is 20.1. The maximum Gasteiger partial charge on any atom is 0.344 e. The highest BCUT2D eigenvalue weighted by molar-refractivity contribution is 5.73. The predicted molar refractivity (Wildman–Crippen MR) is 220 cm³/mol. The summed E-state index contributed by atoms with van der Waals surface area (Å²) in [4.78, 5) is 50.3. The lowest BCUT2D eigenvalue weighted by Crippen LogP contribution is -2.39. The van der Waals surface area contributed by atoms with Gasteiger partial charge in [-0.25, -0.2) is 19.2 Å². The van der Waals surface area contributed by atoms with Crippen molar-refractivity contribution in [1.82, 2.24) is 0 Å². The molecular formula is C46H70O12. The molecule has 58 heavy (non-hydrogen) atoms. The second kappa shape index (κ2) is 18.9. The average molecular weight is 815 g/mol. The highest BCUT2D eigenvalue weighted by Crippen LogP contribution is 2.47. The van der Waals surface area contributed by atoms with Crippen molar-refractivity contribution < 1.29 is 57.1 Å². The minimum Gasteiger partial charge on any atom is -0.483 e. The third kappa shape index (κ3) is 15.9. The molecule has 12 heteroatoms. The molecule has 0 heterocycles. The first-order valence-corrected chi connectivity index (χ1v) is 20.4. The monoisotopic (exact) mass is 814 g/mol. The fourth-order valence-corrected chi connectivity index (χ4v) is 7.08. The normalized spacial score (nSPS) is 21.6. The Morgan fingerprint density at radius 1 is 0.586 bits per heavy atom. The van der Waals surface area contributed by atoms with Crippen molar-refractivity contribution in [2.45, 2.75) is 163 Å². The van der Waals surface area contributed by atoms with Gasteiger partial charge in [0.2, 0.25) is 0 Å². The van der Waals surface area contributed by atoms with Crippen molar-refractivity contribution >= 4 is 23.9 Å². The minimum absolute atomic E-state index is 0.0187. The molecule has 0 aromatic heterocycles. The Morgan fingerprint density at radius 2 is 1.02 bits per heavy atom. The molecule has 0 amide bonds. The fourth-order valence-electron chi connectivity index (χ4n) is 7.08. The van der Waals surface area contributed by atoms with E-state index in [1.165, 1.54) is 0 Å². The molecule has 2 atom stereocenters. The highest BCUT2D eigenvalue weighted by Gasteiger charge is 2.40. The minimum atomic E-state index is -1.10. The third-order valence-corrected chi connectivity index (χ3v) is 9.70. The van der Waals surface area contributed by atoms with Crippen LogP contribution in [0.4, 0.5) is 0 Å². The zero-order valence-electron chi connectivity index (χ0n) is 37.8. The van der Waals surface area contributed by atoms with Crippen molar-refractivity contribution in [2.24, 2.45) is 17.8 Å². The van der Waals surface area contributed by atoms with E-state index >= 15 is 0 Å². The molecular weight excluding hydrogens is 744 g/mol. The summed E-state index contributed by atoms with van der Waals surface area (Å²) in [7, 11) is 0. The summed E-state index contributed by atoms with van der Waals surface area (Å²) in [6.07, 6.45) is 9.80. The van der Waals surface area contributed by atoms with Crippen LogP contribution in [-0.2, 0) is 53.0 Å². The topological polar surface area (TPSA) is 142 Å². The van der Waals surface area contributed by atoms with Crippen molar-refractivity contribution in [3.05, 3.63) is 47.7 Å². The molecule has 0 N–H and O–H groups in total. The quantitative estimate of drug-likeness (QED) is 0.0949. The van der Waals surface area contributed by atoms with Gasteiger partial charge in [-0.05, 0) is 163 Å². The van der Waals surface area contributed by atoms with E-state index in [2.05, 4.69) is 19.9 Å². The van der Waals surface area contributed by atoms with Crippen LogP contribution in [0.3, 0.4) is 0 Å². The third-order valence-electron chi connectivity index (χ3n) is 9.70. The zero-order chi connectivity index (χ0) is 43.9. The summed E-state index contributed by atoms with van der Waals surface area (Å²) in [5.41, 5.74) is -3.04. The van der Waals surface area contributed by atoms with Gasteiger partial charge < -0.3 is 37.9 Å². The number of hydrogen-bond acceptors (Lipinski definition) is 12. The Balaban J connectivity index is 1.78. The molecule has 3 rings (SSSR count). The van der Waals surface area contributed by atoms with Gasteiger partial charge in [-0.15, -0.1) is 0 Å². The van der Waals surface area contributed by atoms with E-state index < -0.39 is 51.9 Å². The van der Waals surface area contributed by atoms with E-state index in [0.29, 0.717) is 29.1 Å². The molecule has 1 aromatic rings. The number of esters is 4. The van der Waals surface area contributed by atoms with Crippen LogP contribution < -0.4 is 9.47 Å². The molecule has 1 fully saturated rings. The van der Waals surface area contributed by atoms with E-state index in [1.807, 2.05) is 31.2 Å². The highest BCUT2D eigenvalue weighted by atomic mass is 16.6. The first kappa shape index (κ1) is 48.3. The average Bonchev–Trinajstić information content (AvgIpc) is 3.06. The van der Waals surface area contributed by atoms with Crippen molar-refractivity contribution in [3.63, 3.8) is 0 Å². The Bertz CT molecular complexity index is 1650. The van der Waals surface area contributed by atoms with Gasteiger partial charge in [0.1, 0.15) is 40.4 Å². The number of carbonyl (C=O) groups excluding carboxylic acids is 4. The summed E-state index contributed by atoms with van der Waals surface area (Å²) < 4.78 is 45.9. The lowest BCUT2D eigenvalue weighted by Gasteiger charge is -2.42. The molecule has 0 saturated heterocycles. The molecule has 0 bridgehead atoms. The van der Waals surface area contributed by atoms with Gasteiger partial charge in [0.15, 0.2) is 31.3 Å². The van der Waals surface area contributed by atoms with Crippen LogP contribution in [-0.4, -0.2) is 78.3 Å². The lowest BCUT2D eigenvalue weighted by atomic mass is 9.64. The van der Waals surface area contributed by atoms with E-state index in [4.69, 9.17) is 37.9 Å². The largest absolute Gasteiger partial charge is 0.483 e. The van der Waals surface area contributed by atoms with E-state index in [9.17, 15) is 19.2 Å². The number of ether oxygens (including phenoxy) is 8. The number of rotatable bonds is 15. The summed E-state index contributed by atoms with van der Waals surface area (Å²) in [5, 5.41) is 0. The van der Waals surface area contributed by atoms with Crippen LogP contribution in [0.25, 0.3) is 0 Å². The molecule has 0 radical (unpaired) electrons. The van der Waals surface area contributed by atoms with E-state index in [0.717, 1.165) is 31.2 Å². The molecule has 2 aliphatic rings. The summed E-state index contributed by atoms with van der Waals surface area (Å²) in [6, 6.07) is 5.64. The van der Waals surface area contributed by atoms with Gasteiger partial charge in [0, 0.05) is 5.92 Å². The van der Waals surface area contributed by atoms with E-state index in [-0.39, 0.29) is 37.8 Å². The van der Waals surface area contributed by atoms with Crippen LogP contribution >= 0.6 is 0 Å². The van der Waals surface area contributed by atoms with Crippen molar-refractivity contribution in [1.29, 1.82) is 0 Å². The fraction of sp³-hybridized carbons (Fsp3) is 0.696. The van der Waals surface area contributed by atoms with Gasteiger partial charge in [-0.1, -0.05) is 26.0 Å². The molecule has 1 aromatic carbocycles. The lowest BCUT2D eigenvalue weighted by molar-refractivity contribution is -0.166. The number of carbonyl (C=O) groups is 4. The van der Waals surface area contributed by atoms with Gasteiger partial charge in [0.05, 0.1) is 0 Å². The Hall–Kier alpha value is -4.06. The molecule has 0 spiro atoms. The van der Waals surface area contributed by atoms with Gasteiger partial charge in [0.25, 0.3) is 0 Å². The van der Waals surface area contributed by atoms with Crippen LogP contribution in [0, 0.1) is 17.8 Å². The molecule has 12 nitrogen and oxygen atoms in total. The molecule has 1 saturated carbocycles. The standard InChI is InChI=1S/C46H70O12/c1-41(2,3)55-37(47)26-51-34-21-20-33(25-35(34)52-27-38(48)56-42(4,5)6)45(13,14)32-18-16-30(17-19-32)31-22-23-46(15,54-29-40(50)58-44(10,11)12)36(24-31)53-28-39(49)57-43(7,8)9/h20-25,30-32H,16-19,26-29H2,1-15H3. The van der Waals surface area contributed by atoms with Gasteiger partial charge >= 0.3 is 23.9 Å². The molecule has 2 aliphatic carbocycles. The Morgan fingerprint density at radius 3 is 1.48 bits per heavy atom. The predicted octanol–water partition coefficient (Wildman–Crippen LogP) is 8.76. The maximum absolute atomic E-state index is 12.7. The molecule has 0 aliphatic heterocycles. The van der Waals surface area contributed by atoms with Crippen molar-refractivity contribution in [3.8, 4) is 11.5 Å². The van der Waals surface area contributed by atoms with Gasteiger partial charge in [-0.3, -0.25) is 0 Å². The number of benzene rings is 1. The van der Waals surface area contributed by atoms with E-state index in [1.54, 1.807) is 89.2 Å². The van der Waals surface area contributed by atoms with Crippen LogP contribution in [0.1, 0.15) is 135 Å². The first-order chi connectivity index (χ1) is 26.4. The SMILES string of the molecule is CC(C)(C)OC(=O)COC1=CC(C2CCC(C(C)(C)c3ccc(OCC(=O)OC(C)(C)C)c(OCC(=O)OC(C)(C)C)c3)CC2)C=CC1(C)OCC(=O)OC(C)(C)C. The first-order valence-electron chi connectivity index (χ1n) is 20.4.